The molecule has 1 aromatic rings. The number of hydrogen-bond donors (Lipinski definition) is 2. The number of piperazine rings is 1. The highest BCUT2D eigenvalue weighted by atomic mass is 35.5. The van der Waals surface area contributed by atoms with Crippen LogP contribution in [-0.4, -0.2) is 37.6 Å². The van der Waals surface area contributed by atoms with Crippen molar-refractivity contribution in [3.8, 4) is 0 Å². The van der Waals surface area contributed by atoms with Crippen LogP contribution in [0.25, 0.3) is 0 Å². The smallest absolute Gasteiger partial charge is 0.0640 e. The van der Waals surface area contributed by atoms with E-state index in [1.807, 2.05) is 12.1 Å². The van der Waals surface area contributed by atoms with Crippen molar-refractivity contribution in [2.45, 2.75) is 18.9 Å². The second-order valence-electron chi connectivity index (χ2n) is 4.89. The summed E-state index contributed by atoms with van der Waals surface area (Å²) in [4.78, 5) is 2.48. The predicted octanol–water partition coefficient (Wildman–Crippen LogP) is 2.68. The molecule has 106 valence electrons. The van der Waals surface area contributed by atoms with Crippen LogP contribution in [0.2, 0.25) is 10.0 Å². The minimum absolute atomic E-state index is 0.303. The molecule has 1 fully saturated rings. The predicted molar refractivity (Wildman–Crippen MR) is 81.9 cm³/mol. The molecule has 0 radical (unpaired) electrons. The van der Waals surface area contributed by atoms with Crippen LogP contribution in [0, 0.1) is 0 Å². The molecule has 3 nitrogen and oxygen atoms in total. The molecule has 0 amide bonds. The van der Waals surface area contributed by atoms with Crippen LogP contribution >= 0.6 is 23.2 Å². The zero-order valence-corrected chi connectivity index (χ0v) is 12.6. The quantitative estimate of drug-likeness (QED) is 0.822. The van der Waals surface area contributed by atoms with Crippen LogP contribution in [0.4, 0.5) is 0 Å². The summed E-state index contributed by atoms with van der Waals surface area (Å²) >= 11 is 12.5. The summed E-state index contributed by atoms with van der Waals surface area (Å²) < 4.78 is 0. The summed E-state index contributed by atoms with van der Waals surface area (Å²) in [6.45, 7) is 4.80. The molecule has 0 saturated carbocycles. The maximum atomic E-state index is 6.35. The van der Waals surface area contributed by atoms with E-state index in [4.69, 9.17) is 28.9 Å². The second-order valence-corrected chi connectivity index (χ2v) is 5.68. The van der Waals surface area contributed by atoms with Gasteiger partial charge in [0.15, 0.2) is 0 Å². The maximum absolute atomic E-state index is 6.35. The Morgan fingerprint density at radius 3 is 2.95 bits per heavy atom. The van der Waals surface area contributed by atoms with Gasteiger partial charge in [0.1, 0.15) is 0 Å². The second kappa shape index (κ2) is 7.46. The lowest BCUT2D eigenvalue weighted by Crippen LogP contribution is -2.46. The molecule has 1 heterocycles. The Kier molecular flexibility index (Phi) is 5.92. The first-order chi connectivity index (χ1) is 9.24. The lowest BCUT2D eigenvalue weighted by molar-refractivity contribution is 0.159. The van der Waals surface area contributed by atoms with Crippen molar-refractivity contribution in [3.63, 3.8) is 0 Å². The third-order valence-corrected chi connectivity index (χ3v) is 4.43. The van der Waals surface area contributed by atoms with Crippen molar-refractivity contribution in [2.75, 3.05) is 32.7 Å². The van der Waals surface area contributed by atoms with E-state index in [1.165, 1.54) is 0 Å². The van der Waals surface area contributed by atoms with Gasteiger partial charge in [-0.25, -0.2) is 0 Å². The summed E-state index contributed by atoms with van der Waals surface area (Å²) in [6.07, 6.45) is 2.20. The summed E-state index contributed by atoms with van der Waals surface area (Å²) in [7, 11) is 0. The highest BCUT2D eigenvalue weighted by Gasteiger charge is 2.25. The summed E-state index contributed by atoms with van der Waals surface area (Å²) in [5, 5.41) is 4.75. The van der Waals surface area contributed by atoms with Crippen molar-refractivity contribution in [1.29, 1.82) is 0 Å². The fraction of sp³-hybridized carbons (Fsp3) is 0.571. The fourth-order valence-electron chi connectivity index (χ4n) is 2.56. The van der Waals surface area contributed by atoms with Gasteiger partial charge >= 0.3 is 0 Å². The molecule has 2 rings (SSSR count). The van der Waals surface area contributed by atoms with E-state index < -0.39 is 0 Å². The van der Waals surface area contributed by atoms with Gasteiger partial charge in [0.25, 0.3) is 0 Å². The first kappa shape index (κ1) is 15.1. The van der Waals surface area contributed by atoms with Gasteiger partial charge in [-0.15, -0.1) is 0 Å². The van der Waals surface area contributed by atoms with Crippen molar-refractivity contribution >= 4 is 23.2 Å². The van der Waals surface area contributed by atoms with Crippen LogP contribution in [0.15, 0.2) is 18.2 Å². The lowest BCUT2D eigenvalue weighted by Gasteiger charge is -2.37. The Hall–Kier alpha value is -0.320. The Balaban J connectivity index is 2.12. The lowest BCUT2D eigenvalue weighted by atomic mass is 10.0. The summed E-state index contributed by atoms with van der Waals surface area (Å²) in [6, 6.07) is 6.18. The van der Waals surface area contributed by atoms with E-state index in [1.54, 1.807) is 0 Å². The van der Waals surface area contributed by atoms with Crippen molar-refractivity contribution in [2.24, 2.45) is 5.73 Å². The molecule has 0 bridgehead atoms. The van der Waals surface area contributed by atoms with Gasteiger partial charge in [-0.3, -0.25) is 4.90 Å². The number of nitrogens with one attached hydrogen (secondary N) is 1. The normalized spacial score (nSPS) is 20.7. The molecule has 3 N–H and O–H groups in total. The van der Waals surface area contributed by atoms with E-state index in [0.29, 0.717) is 16.1 Å². The highest BCUT2D eigenvalue weighted by molar-refractivity contribution is 6.42. The molecule has 1 aliphatic heterocycles. The molecular weight excluding hydrogens is 281 g/mol. The monoisotopic (exact) mass is 301 g/mol. The number of benzene rings is 1. The SMILES string of the molecule is NCCCCN1CCNCC1c1cccc(Cl)c1Cl. The first-order valence-corrected chi connectivity index (χ1v) is 7.58. The van der Waals surface area contributed by atoms with Crippen LogP contribution in [-0.2, 0) is 0 Å². The molecule has 1 aliphatic rings. The van der Waals surface area contributed by atoms with Crippen LogP contribution in [0.1, 0.15) is 24.4 Å². The van der Waals surface area contributed by atoms with E-state index >= 15 is 0 Å². The Bertz CT molecular complexity index is 412. The van der Waals surface area contributed by atoms with Crippen LogP contribution in [0.5, 0.6) is 0 Å². The molecule has 0 aromatic heterocycles. The Morgan fingerprint density at radius 1 is 1.32 bits per heavy atom. The molecule has 1 saturated heterocycles. The van der Waals surface area contributed by atoms with E-state index in [9.17, 15) is 0 Å². The van der Waals surface area contributed by atoms with Gasteiger partial charge in [-0.1, -0.05) is 35.3 Å². The van der Waals surface area contributed by atoms with Gasteiger partial charge in [0, 0.05) is 25.7 Å². The van der Waals surface area contributed by atoms with Gasteiger partial charge in [0.05, 0.1) is 10.0 Å². The Labute approximate surface area is 125 Å². The third-order valence-electron chi connectivity index (χ3n) is 3.59. The molecule has 0 aliphatic carbocycles. The topological polar surface area (TPSA) is 41.3 Å². The van der Waals surface area contributed by atoms with Crippen LogP contribution < -0.4 is 11.1 Å². The standard InChI is InChI=1S/C14H21Cl2N3/c15-12-5-3-4-11(14(12)16)13-10-18-7-9-19(13)8-2-1-6-17/h3-5,13,18H,1-2,6-10,17H2. The Morgan fingerprint density at radius 2 is 2.16 bits per heavy atom. The van der Waals surface area contributed by atoms with Gasteiger partial charge in [-0.05, 0) is 37.6 Å². The van der Waals surface area contributed by atoms with Crippen molar-refractivity contribution in [3.05, 3.63) is 33.8 Å². The summed E-state index contributed by atoms with van der Waals surface area (Å²) in [5.41, 5.74) is 6.68. The van der Waals surface area contributed by atoms with Crippen LogP contribution in [0.3, 0.4) is 0 Å². The van der Waals surface area contributed by atoms with Gasteiger partial charge in [0.2, 0.25) is 0 Å². The van der Waals surface area contributed by atoms with Crippen molar-refractivity contribution < 1.29 is 0 Å². The molecule has 19 heavy (non-hydrogen) atoms. The van der Waals surface area contributed by atoms with Gasteiger partial charge < -0.3 is 11.1 Å². The maximum Gasteiger partial charge on any atom is 0.0640 e. The van der Waals surface area contributed by atoms with E-state index in [-0.39, 0.29) is 0 Å². The van der Waals surface area contributed by atoms with E-state index in [0.717, 1.165) is 51.1 Å². The van der Waals surface area contributed by atoms with E-state index in [2.05, 4.69) is 16.3 Å². The molecule has 1 atom stereocenters. The minimum atomic E-state index is 0.303. The number of halogens is 2. The highest BCUT2D eigenvalue weighted by Crippen LogP contribution is 2.33. The molecule has 5 heteroatoms. The first-order valence-electron chi connectivity index (χ1n) is 6.82. The minimum Gasteiger partial charge on any atom is -0.330 e. The largest absolute Gasteiger partial charge is 0.330 e. The number of nitrogens with two attached hydrogens (primary N) is 1. The number of unbranched alkanes of at least 4 members (excludes halogenated alkanes) is 1. The number of nitrogens with zero attached hydrogens (tertiary/aromatic N) is 1. The number of hydrogen-bond acceptors (Lipinski definition) is 3. The number of rotatable bonds is 5. The average Bonchev–Trinajstić information content (AvgIpc) is 2.43. The molecular formula is C14H21Cl2N3. The van der Waals surface area contributed by atoms with Crippen molar-refractivity contribution in [1.82, 2.24) is 10.2 Å². The zero-order valence-electron chi connectivity index (χ0n) is 11.0. The summed E-state index contributed by atoms with van der Waals surface area (Å²) in [5.74, 6) is 0. The molecule has 0 spiro atoms. The fourth-order valence-corrected chi connectivity index (χ4v) is 2.99. The third kappa shape index (κ3) is 3.83. The zero-order chi connectivity index (χ0) is 13.7. The molecule has 1 aromatic carbocycles. The average molecular weight is 302 g/mol. The van der Waals surface area contributed by atoms with Gasteiger partial charge in [-0.2, -0.15) is 0 Å². The molecule has 1 unspecified atom stereocenters.